The van der Waals surface area contributed by atoms with Crippen molar-refractivity contribution in [2.45, 2.75) is 20.3 Å². The molecule has 1 aromatic heterocycles. The van der Waals surface area contributed by atoms with Crippen molar-refractivity contribution in [2.24, 2.45) is 5.10 Å². The average molecular weight is 256 g/mol. The van der Waals surface area contributed by atoms with Gasteiger partial charge in [-0.25, -0.2) is 5.43 Å². The monoisotopic (exact) mass is 256 g/mol. The smallest absolute Gasteiger partial charge is 0.282 e. The Balaban J connectivity index is 2.10. The second-order valence-corrected chi connectivity index (χ2v) is 4.16. The molecule has 5 heteroatoms. The summed E-state index contributed by atoms with van der Waals surface area (Å²) in [6, 6.07) is 11.4. The Labute approximate surface area is 111 Å². The van der Waals surface area contributed by atoms with Gasteiger partial charge >= 0.3 is 0 Å². The third-order valence-corrected chi connectivity index (χ3v) is 2.67. The SMILES string of the molecule is CC/C(=N/NC(=O)c1cc(C)[nH]n1)c1ccccc1. The lowest BCUT2D eigenvalue weighted by Crippen LogP contribution is -2.20. The number of aromatic amines is 1. The van der Waals surface area contributed by atoms with Gasteiger partial charge in [-0.3, -0.25) is 9.89 Å². The Morgan fingerprint density at radius 1 is 1.37 bits per heavy atom. The van der Waals surface area contributed by atoms with Gasteiger partial charge in [0.05, 0.1) is 5.71 Å². The maximum Gasteiger partial charge on any atom is 0.291 e. The van der Waals surface area contributed by atoms with Gasteiger partial charge < -0.3 is 0 Å². The molecule has 19 heavy (non-hydrogen) atoms. The zero-order valence-electron chi connectivity index (χ0n) is 11.0. The molecule has 2 N–H and O–H groups in total. The summed E-state index contributed by atoms with van der Waals surface area (Å²) < 4.78 is 0. The highest BCUT2D eigenvalue weighted by molar-refractivity contribution is 6.01. The summed E-state index contributed by atoms with van der Waals surface area (Å²) in [6.07, 6.45) is 0.740. The Bertz CT molecular complexity index is 587. The predicted molar refractivity (Wildman–Crippen MR) is 74.1 cm³/mol. The molecule has 0 saturated carbocycles. The molecule has 1 amide bonds. The van der Waals surface area contributed by atoms with Crippen LogP contribution in [0.4, 0.5) is 0 Å². The molecular weight excluding hydrogens is 240 g/mol. The summed E-state index contributed by atoms with van der Waals surface area (Å²) in [4.78, 5) is 11.8. The Morgan fingerprint density at radius 2 is 2.11 bits per heavy atom. The minimum absolute atomic E-state index is 0.314. The standard InChI is InChI=1S/C14H16N4O/c1-3-12(11-7-5-4-6-8-11)16-18-14(19)13-9-10(2)15-17-13/h4-9H,3H2,1-2H3,(H,15,17)(H,18,19)/b16-12-. The Kier molecular flexibility index (Phi) is 4.07. The fraction of sp³-hybridized carbons (Fsp3) is 0.214. The summed E-state index contributed by atoms with van der Waals surface area (Å²) in [5.41, 5.74) is 5.54. The molecule has 0 atom stereocenters. The van der Waals surface area contributed by atoms with Crippen LogP contribution in [0.2, 0.25) is 0 Å². The fourth-order valence-corrected chi connectivity index (χ4v) is 1.69. The van der Waals surface area contributed by atoms with Crippen LogP contribution in [0.15, 0.2) is 41.5 Å². The molecule has 1 aromatic carbocycles. The third-order valence-electron chi connectivity index (χ3n) is 2.67. The number of hydrazone groups is 1. The number of carbonyl (C=O) groups excluding carboxylic acids is 1. The highest BCUT2D eigenvalue weighted by Gasteiger charge is 2.08. The summed E-state index contributed by atoms with van der Waals surface area (Å²) in [6.45, 7) is 3.84. The minimum atomic E-state index is -0.314. The molecule has 98 valence electrons. The number of benzene rings is 1. The van der Waals surface area contributed by atoms with Crippen molar-refractivity contribution in [2.75, 3.05) is 0 Å². The first-order valence-electron chi connectivity index (χ1n) is 6.15. The molecule has 0 aliphatic rings. The molecule has 0 spiro atoms. The Hall–Kier alpha value is -2.43. The molecule has 1 heterocycles. The molecule has 5 nitrogen and oxygen atoms in total. The van der Waals surface area contributed by atoms with Crippen molar-refractivity contribution >= 4 is 11.6 Å². The summed E-state index contributed by atoms with van der Waals surface area (Å²) in [5.74, 6) is -0.314. The van der Waals surface area contributed by atoms with Gasteiger partial charge in [0.2, 0.25) is 0 Å². The van der Waals surface area contributed by atoms with E-state index in [1.165, 1.54) is 0 Å². The Morgan fingerprint density at radius 3 is 2.68 bits per heavy atom. The highest BCUT2D eigenvalue weighted by atomic mass is 16.2. The van der Waals surface area contributed by atoms with E-state index in [0.717, 1.165) is 23.4 Å². The number of nitrogens with zero attached hydrogens (tertiary/aromatic N) is 2. The number of H-pyrrole nitrogens is 1. The van der Waals surface area contributed by atoms with Gasteiger partial charge in [-0.1, -0.05) is 37.3 Å². The van der Waals surface area contributed by atoms with Crippen molar-refractivity contribution in [3.63, 3.8) is 0 Å². The second kappa shape index (κ2) is 5.95. The molecule has 0 bridgehead atoms. The van der Waals surface area contributed by atoms with Gasteiger partial charge in [-0.05, 0) is 25.0 Å². The summed E-state index contributed by atoms with van der Waals surface area (Å²) in [7, 11) is 0. The molecule has 0 aliphatic heterocycles. The molecule has 0 radical (unpaired) electrons. The van der Waals surface area contributed by atoms with Crippen LogP contribution in [0.5, 0.6) is 0 Å². The fourth-order valence-electron chi connectivity index (χ4n) is 1.69. The summed E-state index contributed by atoms with van der Waals surface area (Å²) >= 11 is 0. The first-order valence-corrected chi connectivity index (χ1v) is 6.15. The summed E-state index contributed by atoms with van der Waals surface area (Å²) in [5, 5.41) is 10.8. The van der Waals surface area contributed by atoms with Crippen LogP contribution >= 0.6 is 0 Å². The normalized spacial score (nSPS) is 11.4. The van der Waals surface area contributed by atoms with E-state index in [1.807, 2.05) is 44.2 Å². The largest absolute Gasteiger partial charge is 0.291 e. The maximum absolute atomic E-state index is 11.8. The molecule has 0 unspecified atom stereocenters. The number of aryl methyl sites for hydroxylation is 1. The van der Waals surface area contributed by atoms with E-state index >= 15 is 0 Å². The lowest BCUT2D eigenvalue weighted by molar-refractivity contribution is 0.0950. The van der Waals surface area contributed by atoms with Crippen LogP contribution in [0, 0.1) is 6.92 Å². The zero-order valence-corrected chi connectivity index (χ0v) is 11.0. The topological polar surface area (TPSA) is 70.1 Å². The van der Waals surface area contributed by atoms with Crippen LogP contribution in [0.3, 0.4) is 0 Å². The van der Waals surface area contributed by atoms with Gasteiger partial charge in [0, 0.05) is 5.69 Å². The molecule has 0 aliphatic carbocycles. The maximum atomic E-state index is 11.8. The van der Waals surface area contributed by atoms with E-state index in [4.69, 9.17) is 0 Å². The van der Waals surface area contributed by atoms with Crippen LogP contribution in [0.25, 0.3) is 0 Å². The number of aromatic nitrogens is 2. The first kappa shape index (κ1) is 13.0. The predicted octanol–water partition coefficient (Wildman–Crippen LogP) is 2.26. The molecule has 0 fully saturated rings. The van der Waals surface area contributed by atoms with E-state index < -0.39 is 0 Å². The highest BCUT2D eigenvalue weighted by Crippen LogP contribution is 2.04. The number of hydrogen-bond donors (Lipinski definition) is 2. The van der Waals surface area contributed by atoms with Gasteiger partial charge in [-0.15, -0.1) is 0 Å². The van der Waals surface area contributed by atoms with Crippen molar-refractivity contribution in [1.82, 2.24) is 15.6 Å². The van der Waals surface area contributed by atoms with E-state index in [1.54, 1.807) is 6.07 Å². The number of carbonyl (C=O) groups is 1. The van der Waals surface area contributed by atoms with E-state index in [9.17, 15) is 4.79 Å². The first-order chi connectivity index (χ1) is 9.20. The van der Waals surface area contributed by atoms with Gasteiger partial charge in [0.25, 0.3) is 5.91 Å². The number of hydrogen-bond acceptors (Lipinski definition) is 3. The van der Waals surface area contributed by atoms with Gasteiger partial charge in [0.15, 0.2) is 5.69 Å². The van der Waals surface area contributed by atoms with Crippen molar-refractivity contribution in [1.29, 1.82) is 0 Å². The van der Waals surface area contributed by atoms with Crippen molar-refractivity contribution in [3.05, 3.63) is 53.3 Å². The molecule has 2 rings (SSSR count). The minimum Gasteiger partial charge on any atom is -0.282 e. The lowest BCUT2D eigenvalue weighted by atomic mass is 10.1. The van der Waals surface area contributed by atoms with Crippen molar-refractivity contribution < 1.29 is 4.79 Å². The number of amides is 1. The van der Waals surface area contributed by atoms with Gasteiger partial charge in [-0.2, -0.15) is 10.2 Å². The number of nitrogens with one attached hydrogen (secondary N) is 2. The van der Waals surface area contributed by atoms with Crippen LogP contribution < -0.4 is 5.43 Å². The second-order valence-electron chi connectivity index (χ2n) is 4.16. The van der Waals surface area contributed by atoms with E-state index in [0.29, 0.717) is 5.69 Å². The van der Waals surface area contributed by atoms with Crippen LogP contribution in [0.1, 0.15) is 35.1 Å². The van der Waals surface area contributed by atoms with Crippen LogP contribution in [-0.4, -0.2) is 21.8 Å². The number of rotatable bonds is 4. The molecule has 2 aromatic rings. The van der Waals surface area contributed by atoms with Gasteiger partial charge in [0.1, 0.15) is 0 Å². The molecular formula is C14H16N4O. The average Bonchev–Trinajstić information content (AvgIpc) is 2.87. The zero-order chi connectivity index (χ0) is 13.7. The molecule has 0 saturated heterocycles. The van der Waals surface area contributed by atoms with Crippen LogP contribution in [-0.2, 0) is 0 Å². The quantitative estimate of drug-likeness (QED) is 0.650. The van der Waals surface area contributed by atoms with Crippen molar-refractivity contribution in [3.8, 4) is 0 Å². The third kappa shape index (κ3) is 3.28. The lowest BCUT2D eigenvalue weighted by Gasteiger charge is -2.03. The van der Waals surface area contributed by atoms with E-state index in [2.05, 4.69) is 20.7 Å². The van der Waals surface area contributed by atoms with E-state index in [-0.39, 0.29) is 5.91 Å².